The summed E-state index contributed by atoms with van der Waals surface area (Å²) in [5, 5.41) is 4.20. The molecule has 0 saturated carbocycles. The maximum atomic E-state index is 13.2. The molecule has 0 bridgehead atoms. The molecule has 2 heterocycles. The zero-order chi connectivity index (χ0) is 25.7. The molecule has 36 heavy (non-hydrogen) atoms. The molecular formula is C29H37N5O2. The number of rotatable bonds is 8. The highest BCUT2D eigenvalue weighted by molar-refractivity contribution is 5.94. The van der Waals surface area contributed by atoms with E-state index in [4.69, 9.17) is 0 Å². The number of nitrogens with zero attached hydrogens (tertiary/aromatic N) is 5. The van der Waals surface area contributed by atoms with Gasteiger partial charge in [-0.15, -0.1) is 0 Å². The van der Waals surface area contributed by atoms with Gasteiger partial charge < -0.3 is 14.7 Å². The van der Waals surface area contributed by atoms with Crippen LogP contribution in [0.4, 0.5) is 5.69 Å². The van der Waals surface area contributed by atoms with Crippen LogP contribution in [-0.4, -0.2) is 71.7 Å². The predicted molar refractivity (Wildman–Crippen MR) is 143 cm³/mol. The van der Waals surface area contributed by atoms with Gasteiger partial charge in [-0.25, -0.2) is 0 Å². The molecular weight excluding hydrogens is 450 g/mol. The van der Waals surface area contributed by atoms with Crippen LogP contribution in [0.5, 0.6) is 0 Å². The van der Waals surface area contributed by atoms with E-state index in [1.54, 1.807) is 10.9 Å². The Morgan fingerprint density at radius 2 is 1.69 bits per heavy atom. The summed E-state index contributed by atoms with van der Waals surface area (Å²) in [4.78, 5) is 32.2. The van der Waals surface area contributed by atoms with Crippen molar-refractivity contribution in [3.8, 4) is 0 Å². The number of likely N-dealkylation sites (N-methyl/N-ethyl adjacent to an activating group) is 1. The molecule has 1 saturated heterocycles. The van der Waals surface area contributed by atoms with Crippen LogP contribution < -0.4 is 4.90 Å². The van der Waals surface area contributed by atoms with E-state index in [0.29, 0.717) is 19.0 Å². The van der Waals surface area contributed by atoms with Crippen molar-refractivity contribution >= 4 is 17.5 Å². The monoisotopic (exact) mass is 487 g/mol. The minimum absolute atomic E-state index is 0.0526. The predicted octanol–water partition coefficient (Wildman–Crippen LogP) is 3.88. The fourth-order valence-electron chi connectivity index (χ4n) is 5.09. The lowest BCUT2D eigenvalue weighted by Crippen LogP contribution is -2.49. The first-order valence-corrected chi connectivity index (χ1v) is 12.7. The lowest BCUT2D eigenvalue weighted by Gasteiger charge is -2.40. The van der Waals surface area contributed by atoms with E-state index >= 15 is 0 Å². The highest BCUT2D eigenvalue weighted by atomic mass is 16.2. The van der Waals surface area contributed by atoms with E-state index in [1.807, 2.05) is 72.4 Å². The van der Waals surface area contributed by atoms with E-state index in [1.165, 1.54) is 11.1 Å². The van der Waals surface area contributed by atoms with Gasteiger partial charge in [0.2, 0.25) is 5.91 Å². The van der Waals surface area contributed by atoms with E-state index in [9.17, 15) is 9.59 Å². The fraction of sp³-hybridized carbons (Fsp3) is 0.414. The molecule has 1 aliphatic rings. The number of benzene rings is 2. The van der Waals surface area contributed by atoms with Crippen LogP contribution in [0.3, 0.4) is 0 Å². The highest BCUT2D eigenvalue weighted by Crippen LogP contribution is 2.28. The summed E-state index contributed by atoms with van der Waals surface area (Å²) in [6, 6.07) is 18.1. The normalized spacial score (nSPS) is 14.9. The lowest BCUT2D eigenvalue weighted by molar-refractivity contribution is -0.134. The van der Waals surface area contributed by atoms with E-state index in [0.717, 1.165) is 30.5 Å². The number of amides is 2. The van der Waals surface area contributed by atoms with Crippen LogP contribution in [-0.2, 0) is 17.8 Å². The van der Waals surface area contributed by atoms with Crippen molar-refractivity contribution in [2.24, 2.45) is 5.92 Å². The standard InChI is InChI=1S/C29H37N5O2/c1-22-8-5-6-9-25(22)20-27(32(4)28(35)21-34-17-7-16-30-34)23-14-18-33(19-15-23)29(36)24-10-12-26(13-11-24)31(2)3/h5-13,16-17,23,27H,14-15,18-21H2,1-4H3. The Balaban J connectivity index is 1.46. The third-order valence-corrected chi connectivity index (χ3v) is 7.44. The van der Waals surface area contributed by atoms with E-state index in [-0.39, 0.29) is 24.4 Å². The van der Waals surface area contributed by atoms with Crippen molar-refractivity contribution < 1.29 is 9.59 Å². The molecule has 1 fully saturated rings. The summed E-state index contributed by atoms with van der Waals surface area (Å²) in [5.41, 5.74) is 4.30. The fourth-order valence-corrected chi connectivity index (χ4v) is 5.09. The minimum atomic E-state index is 0.0526. The van der Waals surface area contributed by atoms with Crippen molar-refractivity contribution in [3.63, 3.8) is 0 Å². The third kappa shape index (κ3) is 5.96. The van der Waals surface area contributed by atoms with Crippen LogP contribution in [0.15, 0.2) is 67.0 Å². The van der Waals surface area contributed by atoms with Gasteiger partial charge in [0.05, 0.1) is 0 Å². The summed E-state index contributed by atoms with van der Waals surface area (Å²) in [5.74, 6) is 0.449. The van der Waals surface area contributed by atoms with Crippen molar-refractivity contribution in [2.45, 2.75) is 38.8 Å². The molecule has 0 radical (unpaired) electrons. The summed E-state index contributed by atoms with van der Waals surface area (Å²) in [6.45, 7) is 3.75. The second-order valence-corrected chi connectivity index (χ2v) is 9.98. The Morgan fingerprint density at radius 1 is 1.00 bits per heavy atom. The number of hydrogen-bond acceptors (Lipinski definition) is 4. The molecule has 7 nitrogen and oxygen atoms in total. The number of piperidine rings is 1. The van der Waals surface area contributed by atoms with Gasteiger partial charge in [0.15, 0.2) is 0 Å². The minimum Gasteiger partial charge on any atom is -0.378 e. The topological polar surface area (TPSA) is 61.7 Å². The first-order chi connectivity index (χ1) is 17.3. The van der Waals surface area contributed by atoms with Gasteiger partial charge in [-0.3, -0.25) is 14.3 Å². The molecule has 1 aromatic heterocycles. The van der Waals surface area contributed by atoms with Crippen LogP contribution >= 0.6 is 0 Å². The summed E-state index contributed by atoms with van der Waals surface area (Å²) >= 11 is 0. The van der Waals surface area contributed by atoms with Crippen LogP contribution in [0, 0.1) is 12.8 Å². The third-order valence-electron chi connectivity index (χ3n) is 7.44. The van der Waals surface area contributed by atoms with Crippen molar-refractivity contribution in [1.29, 1.82) is 0 Å². The van der Waals surface area contributed by atoms with Crippen LogP contribution in [0.2, 0.25) is 0 Å². The van der Waals surface area contributed by atoms with Crippen molar-refractivity contribution in [2.75, 3.05) is 39.1 Å². The smallest absolute Gasteiger partial charge is 0.253 e. The summed E-state index contributed by atoms with van der Waals surface area (Å²) in [7, 11) is 5.90. The number of aryl methyl sites for hydroxylation is 1. The van der Waals surface area contributed by atoms with Crippen LogP contribution in [0.25, 0.3) is 0 Å². The van der Waals surface area contributed by atoms with Gasteiger partial charge in [-0.05, 0) is 73.6 Å². The second kappa shape index (κ2) is 11.4. The Hall–Kier alpha value is -3.61. The number of aromatic nitrogens is 2. The molecule has 4 rings (SSSR count). The van der Waals surface area contributed by atoms with Crippen molar-refractivity contribution in [1.82, 2.24) is 19.6 Å². The van der Waals surface area contributed by atoms with Gasteiger partial charge in [-0.1, -0.05) is 24.3 Å². The first kappa shape index (κ1) is 25.5. The summed E-state index contributed by atoms with van der Waals surface area (Å²) < 4.78 is 1.67. The molecule has 190 valence electrons. The number of anilines is 1. The molecule has 2 aromatic carbocycles. The Labute approximate surface area is 214 Å². The zero-order valence-corrected chi connectivity index (χ0v) is 21.8. The number of hydrogen-bond donors (Lipinski definition) is 0. The molecule has 2 amide bonds. The zero-order valence-electron chi connectivity index (χ0n) is 21.8. The molecule has 0 spiro atoms. The largest absolute Gasteiger partial charge is 0.378 e. The molecule has 1 aliphatic heterocycles. The summed E-state index contributed by atoms with van der Waals surface area (Å²) in [6.07, 6.45) is 6.06. The molecule has 1 unspecified atom stereocenters. The van der Waals surface area contributed by atoms with Gasteiger partial charge >= 0.3 is 0 Å². The average molecular weight is 488 g/mol. The quantitative estimate of drug-likeness (QED) is 0.484. The van der Waals surface area contributed by atoms with Gasteiger partial charge in [0.25, 0.3) is 5.91 Å². The van der Waals surface area contributed by atoms with Crippen LogP contribution in [0.1, 0.15) is 34.3 Å². The highest BCUT2D eigenvalue weighted by Gasteiger charge is 2.33. The maximum Gasteiger partial charge on any atom is 0.253 e. The molecule has 3 aromatic rings. The molecule has 1 atom stereocenters. The van der Waals surface area contributed by atoms with Gasteiger partial charge in [-0.2, -0.15) is 5.10 Å². The Morgan fingerprint density at radius 3 is 2.31 bits per heavy atom. The van der Waals surface area contributed by atoms with E-state index < -0.39 is 0 Å². The number of carbonyl (C=O) groups is 2. The Bertz CT molecular complexity index is 1150. The maximum absolute atomic E-state index is 13.2. The van der Waals surface area contributed by atoms with E-state index in [2.05, 4.69) is 36.3 Å². The number of carbonyl (C=O) groups excluding carboxylic acids is 2. The molecule has 7 heteroatoms. The first-order valence-electron chi connectivity index (χ1n) is 12.7. The number of likely N-dealkylation sites (tertiary alicyclic amines) is 1. The molecule has 0 N–H and O–H groups in total. The average Bonchev–Trinajstić information content (AvgIpc) is 3.40. The van der Waals surface area contributed by atoms with Gasteiger partial charge in [0.1, 0.15) is 6.54 Å². The van der Waals surface area contributed by atoms with Crippen molar-refractivity contribution in [3.05, 3.63) is 83.7 Å². The Kier molecular flexibility index (Phi) is 8.08. The molecule has 0 aliphatic carbocycles. The second-order valence-electron chi connectivity index (χ2n) is 9.98. The SMILES string of the molecule is Cc1ccccc1CC(C1CCN(C(=O)c2ccc(N(C)C)cc2)CC1)N(C)C(=O)Cn1cccn1. The lowest BCUT2D eigenvalue weighted by atomic mass is 9.84. The van der Waals surface area contributed by atoms with Gasteiger partial charge in [0, 0.05) is 63.9 Å².